The van der Waals surface area contributed by atoms with Crippen molar-refractivity contribution in [3.05, 3.63) is 107 Å². The summed E-state index contributed by atoms with van der Waals surface area (Å²) in [5.74, 6) is -0.0959. The molecule has 8 atom stereocenters. The van der Waals surface area contributed by atoms with E-state index in [0.717, 1.165) is 25.7 Å². The minimum Gasteiger partial charge on any atom is -0.489 e. The molecular formula is C63H60F6N4O18S2. The van der Waals surface area contributed by atoms with Crippen LogP contribution >= 0.6 is 22.7 Å². The molecule has 6 aliphatic rings. The van der Waals surface area contributed by atoms with Gasteiger partial charge in [-0.25, -0.2) is 9.59 Å². The Balaban J connectivity index is 0.000000169. The number of fused-ring (bicyclic) bond motifs is 4. The van der Waals surface area contributed by atoms with Gasteiger partial charge in [0.25, 0.3) is 10.4 Å². The van der Waals surface area contributed by atoms with E-state index < -0.39 is 73.5 Å². The fourth-order valence-electron chi connectivity index (χ4n) is 11.5. The highest BCUT2D eigenvalue weighted by Crippen LogP contribution is 2.49. The number of rotatable bonds is 22. The molecule has 4 saturated heterocycles. The SMILES string of the molecule is CC(C)Oc1cc(C(=O)O)cc2sc(O[C@@H]3CO[C@H]4[C@@H]3OC[C@H]4OCc3c(-c4ccccc4OC(F)(F)F)noc3C3CC3)nc12.COC(=O)c1cc(OC(C)C)c2nc(O[C@@H]3CO[C@H]4[C@@H]3OC[C@H]4OCc3c(-c4ccccc4OC(F)(F)F)noc3C3CC3)sc2c1. The standard InChI is InChI=1S/C32H31F3N2O9S.C31H29F3N2O9S/c1-15(2)43-21-10-17(30(38)39-3)11-24-26(21)36-31(47-24)44-23-14-42-28-22(13-41-29(23)28)40-12-19-25(37-46-27(19)16-8-9-16)18-6-4-5-7-20(18)45-32(33,34)35;1-14(2)42-20-9-16(29(37)38)10-23-25(20)35-30(46-23)43-22-13-41-27-21(12-40-28(22)27)39-11-18-24(36-45-26(18)15-7-8-15)17-5-3-4-6-19(17)44-31(32,33)34/h4-7,10-11,15-16,22-23,28-29H,8-9,12-14H2,1-3H3;3-6,9-10,14-15,21-22,27-28H,7-8,11-13H2,1-2H3,(H,37,38)/t22-,23-,28-,29-;21-,22-,27-,28-/m11/s1. The van der Waals surface area contributed by atoms with Gasteiger partial charge in [-0.3, -0.25) is 0 Å². The number of carbonyl (C=O) groups is 2. The number of carbonyl (C=O) groups excluding carboxylic acids is 1. The zero-order chi connectivity index (χ0) is 65.0. The maximum atomic E-state index is 13.1. The Hall–Kier alpha value is -7.84. The van der Waals surface area contributed by atoms with Gasteiger partial charge in [-0.1, -0.05) is 57.3 Å². The Morgan fingerprint density at radius 1 is 0.570 bits per heavy atom. The van der Waals surface area contributed by atoms with E-state index in [1.165, 1.54) is 78.3 Å². The first-order chi connectivity index (χ1) is 44.6. The van der Waals surface area contributed by atoms with E-state index >= 15 is 0 Å². The number of hydrogen-bond donors (Lipinski definition) is 1. The molecule has 1 N–H and O–H groups in total. The van der Waals surface area contributed by atoms with E-state index in [9.17, 15) is 41.0 Å². The van der Waals surface area contributed by atoms with Gasteiger partial charge >= 0.3 is 24.7 Å². The second kappa shape index (κ2) is 26.2. The third-order valence-electron chi connectivity index (χ3n) is 15.9. The number of esters is 1. The Bertz CT molecular complexity index is 4030. The average molecular weight is 1340 g/mol. The lowest BCUT2D eigenvalue weighted by Crippen LogP contribution is -2.35. The van der Waals surface area contributed by atoms with Gasteiger partial charge in [0, 0.05) is 34.1 Å². The van der Waals surface area contributed by atoms with E-state index in [1.807, 2.05) is 27.7 Å². The fraction of sp³-hybridized carbons (Fsp3) is 0.460. The van der Waals surface area contributed by atoms with Gasteiger partial charge in [-0.05, 0) is 102 Å². The average Bonchev–Trinajstić information content (AvgIpc) is 1.84. The molecule has 2 aliphatic carbocycles. The largest absolute Gasteiger partial charge is 0.573 e. The highest BCUT2D eigenvalue weighted by atomic mass is 32.1. The summed E-state index contributed by atoms with van der Waals surface area (Å²) in [5.41, 5.74) is 3.39. The lowest BCUT2D eigenvalue weighted by molar-refractivity contribution is -0.275. The van der Waals surface area contributed by atoms with Gasteiger partial charge in [0.2, 0.25) is 0 Å². The number of alkyl halides is 6. The van der Waals surface area contributed by atoms with E-state index in [0.29, 0.717) is 70.5 Å². The van der Waals surface area contributed by atoms with Crippen molar-refractivity contribution in [2.24, 2.45) is 0 Å². The molecule has 0 unspecified atom stereocenters. The summed E-state index contributed by atoms with van der Waals surface area (Å²) in [6, 6.07) is 17.9. The van der Waals surface area contributed by atoms with Gasteiger partial charge in [-0.2, -0.15) is 9.97 Å². The molecule has 0 amide bonds. The third-order valence-corrected chi connectivity index (χ3v) is 17.6. The van der Waals surface area contributed by atoms with Crippen LogP contribution in [0.2, 0.25) is 0 Å². The van der Waals surface area contributed by atoms with Crippen molar-refractivity contribution < 1.29 is 112 Å². The van der Waals surface area contributed by atoms with Gasteiger partial charge in [0.15, 0.2) is 12.2 Å². The summed E-state index contributed by atoms with van der Waals surface area (Å²) < 4.78 is 166. The molecule has 0 spiro atoms. The van der Waals surface area contributed by atoms with Gasteiger partial charge < -0.3 is 75.7 Å². The number of halogens is 6. The highest BCUT2D eigenvalue weighted by Gasteiger charge is 2.52. The monoisotopic (exact) mass is 1340 g/mol. The van der Waals surface area contributed by atoms with Crippen LogP contribution in [0.3, 0.4) is 0 Å². The van der Waals surface area contributed by atoms with Crippen molar-refractivity contribution in [2.45, 2.75) is 152 Å². The van der Waals surface area contributed by atoms with Crippen LogP contribution in [0.5, 0.6) is 33.4 Å². The van der Waals surface area contributed by atoms with Crippen molar-refractivity contribution >= 4 is 55.0 Å². The van der Waals surface area contributed by atoms with Crippen LogP contribution < -0.4 is 28.4 Å². The smallest absolute Gasteiger partial charge is 0.489 e. The first-order valence-corrected chi connectivity index (χ1v) is 31.5. The number of thiazole rings is 2. The molecule has 8 aromatic rings. The topological polar surface area (TPSA) is 252 Å². The third kappa shape index (κ3) is 14.2. The molecule has 4 aliphatic heterocycles. The van der Waals surface area contributed by atoms with Crippen LogP contribution in [0, 0.1) is 0 Å². The summed E-state index contributed by atoms with van der Waals surface area (Å²) >= 11 is 2.46. The zero-order valence-electron chi connectivity index (χ0n) is 50.2. The molecule has 14 rings (SSSR count). The summed E-state index contributed by atoms with van der Waals surface area (Å²) in [5, 5.41) is 18.5. The summed E-state index contributed by atoms with van der Waals surface area (Å²) in [6.07, 6.45) is -10.3. The van der Waals surface area contributed by atoms with Crippen LogP contribution in [0.15, 0.2) is 81.8 Å². The van der Waals surface area contributed by atoms with Crippen molar-refractivity contribution in [3.63, 3.8) is 0 Å². The van der Waals surface area contributed by atoms with E-state index in [-0.39, 0.29) is 103 Å². The van der Waals surface area contributed by atoms with Crippen LogP contribution in [0.4, 0.5) is 26.3 Å². The molecular weight excluding hydrogens is 1280 g/mol. The maximum absolute atomic E-state index is 13.1. The molecule has 4 aromatic heterocycles. The van der Waals surface area contributed by atoms with E-state index in [4.69, 9.17) is 61.2 Å². The molecule has 494 valence electrons. The fourth-order valence-corrected chi connectivity index (χ4v) is 13.4. The summed E-state index contributed by atoms with van der Waals surface area (Å²) in [7, 11) is 1.31. The number of para-hydroxylation sites is 2. The lowest BCUT2D eigenvalue weighted by atomic mass is 10.0. The molecule has 4 aromatic carbocycles. The minimum absolute atomic E-state index is 0.0135. The van der Waals surface area contributed by atoms with Gasteiger partial charge in [0.1, 0.15) is 93.6 Å². The van der Waals surface area contributed by atoms with Crippen LogP contribution in [-0.4, -0.2) is 145 Å². The number of hydrogen-bond acceptors (Lipinski definition) is 23. The minimum atomic E-state index is -4.87. The number of benzene rings is 4. The second-order valence-electron chi connectivity index (χ2n) is 23.3. The molecule has 93 heavy (non-hydrogen) atoms. The number of methoxy groups -OCH3 is 1. The number of carboxylic acids is 1. The second-order valence-corrected chi connectivity index (χ2v) is 25.3. The van der Waals surface area contributed by atoms with Crippen LogP contribution in [-0.2, 0) is 46.4 Å². The predicted octanol–water partition coefficient (Wildman–Crippen LogP) is 12.8. The molecule has 2 saturated carbocycles. The quantitative estimate of drug-likeness (QED) is 0.0489. The summed E-state index contributed by atoms with van der Waals surface area (Å²) in [4.78, 5) is 33.1. The zero-order valence-corrected chi connectivity index (χ0v) is 51.8. The maximum Gasteiger partial charge on any atom is 0.573 e. The Morgan fingerprint density at radius 3 is 1.37 bits per heavy atom. The highest BCUT2D eigenvalue weighted by molar-refractivity contribution is 7.20. The van der Waals surface area contributed by atoms with Crippen molar-refractivity contribution in [1.82, 2.24) is 20.3 Å². The van der Waals surface area contributed by atoms with Gasteiger partial charge in [-0.15, -0.1) is 26.3 Å². The number of nitrogens with zero attached hydrogens (tertiary/aromatic N) is 4. The number of ether oxygens (including phenoxy) is 13. The van der Waals surface area contributed by atoms with Gasteiger partial charge in [0.05, 0.1) is 79.5 Å². The number of carboxylic acid groups (broad SMARTS) is 1. The molecule has 8 heterocycles. The van der Waals surface area contributed by atoms with Crippen molar-refractivity contribution in [1.29, 1.82) is 0 Å². The molecule has 22 nitrogen and oxygen atoms in total. The molecule has 0 radical (unpaired) electrons. The number of aromatic nitrogens is 4. The Kier molecular flexibility index (Phi) is 18.0. The van der Waals surface area contributed by atoms with E-state index in [2.05, 4.69) is 29.8 Å². The normalized spacial score (nSPS) is 22.7. The van der Waals surface area contributed by atoms with Crippen LogP contribution in [0.25, 0.3) is 42.9 Å². The Morgan fingerprint density at radius 2 is 0.968 bits per heavy atom. The lowest BCUT2D eigenvalue weighted by Gasteiger charge is -2.18. The van der Waals surface area contributed by atoms with Crippen LogP contribution in [0.1, 0.15) is 109 Å². The Labute approximate surface area is 533 Å². The summed E-state index contributed by atoms with van der Waals surface area (Å²) in [6.45, 7) is 8.33. The predicted molar refractivity (Wildman–Crippen MR) is 315 cm³/mol. The first kappa shape index (κ1) is 63.9. The van der Waals surface area contributed by atoms with Crippen molar-refractivity contribution in [3.8, 4) is 55.9 Å². The van der Waals surface area contributed by atoms with E-state index in [1.54, 1.807) is 24.3 Å². The molecule has 30 heteroatoms. The number of aromatic carboxylic acids is 1. The molecule has 0 bridgehead atoms. The first-order valence-electron chi connectivity index (χ1n) is 29.9. The van der Waals surface area contributed by atoms with Crippen molar-refractivity contribution in [2.75, 3.05) is 33.5 Å². The molecule has 6 fully saturated rings.